The number of nitrogens with zero attached hydrogens (tertiary/aromatic N) is 4. The largest absolute Gasteiger partial charge is 0.358 e. The lowest BCUT2D eigenvalue weighted by atomic mass is 9.98. The van der Waals surface area contributed by atoms with Crippen LogP contribution in [0, 0.1) is 10.1 Å². The van der Waals surface area contributed by atoms with Gasteiger partial charge in [-0.3, -0.25) is 9.89 Å². The monoisotopic (exact) mass is 276 g/mol. The summed E-state index contributed by atoms with van der Waals surface area (Å²) in [5.74, 6) is -0.477. The Bertz CT molecular complexity index is 675. The fourth-order valence-corrected chi connectivity index (χ4v) is 2.40. The van der Waals surface area contributed by atoms with Crippen molar-refractivity contribution >= 4 is 11.7 Å². The summed E-state index contributed by atoms with van der Waals surface area (Å²) >= 11 is 0. The number of nitro groups is 1. The van der Waals surface area contributed by atoms with Gasteiger partial charge in [0.15, 0.2) is 5.69 Å². The molecule has 0 fully saturated rings. The lowest BCUT2D eigenvalue weighted by molar-refractivity contribution is -0.389. The van der Waals surface area contributed by atoms with E-state index in [0.29, 0.717) is 13.1 Å². The number of aromatic amines is 2. The number of hydrogen-bond acceptors (Lipinski definition) is 5. The standard InChI is InChI=1S/C11H12N6O3/c1-6-4-16(5-7-3-12-15-10(6)7)11(18)8-2-9(14-13-8)17(19)20/h2-3,6H,4-5H2,1H3,(H,12,15)(H,13,14)/t6-/m1/s1. The highest BCUT2D eigenvalue weighted by Gasteiger charge is 2.29. The van der Waals surface area contributed by atoms with Crippen molar-refractivity contribution in [2.75, 3.05) is 6.54 Å². The van der Waals surface area contributed by atoms with Crippen molar-refractivity contribution in [3.63, 3.8) is 0 Å². The predicted molar refractivity (Wildman–Crippen MR) is 67.0 cm³/mol. The Balaban J connectivity index is 1.83. The van der Waals surface area contributed by atoms with Gasteiger partial charge in [0.05, 0.1) is 12.3 Å². The van der Waals surface area contributed by atoms with E-state index < -0.39 is 4.92 Å². The van der Waals surface area contributed by atoms with Gasteiger partial charge in [-0.15, -0.1) is 5.10 Å². The van der Waals surface area contributed by atoms with Crippen molar-refractivity contribution in [1.29, 1.82) is 0 Å². The van der Waals surface area contributed by atoms with Crippen LogP contribution in [0.15, 0.2) is 12.3 Å². The topological polar surface area (TPSA) is 121 Å². The molecule has 2 aromatic heterocycles. The first-order valence-electron chi connectivity index (χ1n) is 6.07. The molecule has 9 nitrogen and oxygen atoms in total. The van der Waals surface area contributed by atoms with E-state index in [1.165, 1.54) is 0 Å². The van der Waals surface area contributed by atoms with Crippen LogP contribution in [0.2, 0.25) is 0 Å². The molecule has 0 aliphatic carbocycles. The molecule has 2 aromatic rings. The van der Waals surface area contributed by atoms with Gasteiger partial charge in [-0.1, -0.05) is 12.0 Å². The Morgan fingerprint density at radius 2 is 2.35 bits per heavy atom. The number of carbonyl (C=O) groups is 1. The molecule has 3 heterocycles. The summed E-state index contributed by atoms with van der Waals surface area (Å²) in [7, 11) is 0. The van der Waals surface area contributed by atoms with Gasteiger partial charge in [-0.25, -0.2) is 0 Å². The van der Waals surface area contributed by atoms with Gasteiger partial charge < -0.3 is 15.0 Å². The molecule has 1 aliphatic heterocycles. The predicted octanol–water partition coefficient (Wildman–Crippen LogP) is 0.800. The third kappa shape index (κ3) is 1.92. The van der Waals surface area contributed by atoms with Crippen LogP contribution in [-0.2, 0) is 6.54 Å². The average molecular weight is 276 g/mol. The van der Waals surface area contributed by atoms with E-state index in [1.807, 2.05) is 6.92 Å². The first-order valence-corrected chi connectivity index (χ1v) is 6.07. The Labute approximate surface area is 113 Å². The van der Waals surface area contributed by atoms with Crippen LogP contribution in [0.1, 0.15) is 34.6 Å². The van der Waals surface area contributed by atoms with E-state index in [9.17, 15) is 14.9 Å². The zero-order chi connectivity index (χ0) is 14.3. The van der Waals surface area contributed by atoms with Crippen LogP contribution in [0.25, 0.3) is 0 Å². The Kier molecular flexibility index (Phi) is 2.74. The van der Waals surface area contributed by atoms with Crippen LogP contribution >= 0.6 is 0 Å². The molecule has 2 N–H and O–H groups in total. The summed E-state index contributed by atoms with van der Waals surface area (Å²) in [6.45, 7) is 2.94. The van der Waals surface area contributed by atoms with Gasteiger partial charge >= 0.3 is 5.82 Å². The minimum atomic E-state index is -0.614. The molecular formula is C11H12N6O3. The molecule has 0 radical (unpaired) electrons. The van der Waals surface area contributed by atoms with E-state index in [-0.39, 0.29) is 23.3 Å². The number of rotatable bonds is 2. The van der Waals surface area contributed by atoms with E-state index in [4.69, 9.17) is 0 Å². The van der Waals surface area contributed by atoms with Crippen LogP contribution in [0.5, 0.6) is 0 Å². The van der Waals surface area contributed by atoms with Gasteiger partial charge in [0, 0.05) is 30.3 Å². The third-order valence-electron chi connectivity index (χ3n) is 3.37. The first-order chi connectivity index (χ1) is 9.56. The molecule has 0 aromatic carbocycles. The van der Waals surface area contributed by atoms with Gasteiger partial charge in [0.25, 0.3) is 5.91 Å². The normalized spacial score (nSPS) is 17.9. The van der Waals surface area contributed by atoms with Gasteiger partial charge in [0.2, 0.25) is 0 Å². The Hall–Kier alpha value is -2.71. The second-order valence-electron chi connectivity index (χ2n) is 4.79. The lowest BCUT2D eigenvalue weighted by Gasteiger charge is -2.29. The SMILES string of the molecule is C[C@@H]1CN(C(=O)c2cc([N+](=O)[O-])[nH]n2)Cc2cn[nH]c21. The maximum absolute atomic E-state index is 12.3. The van der Waals surface area contributed by atoms with Gasteiger partial charge in [-0.05, 0) is 4.92 Å². The molecule has 1 aliphatic rings. The summed E-state index contributed by atoms with van der Waals surface area (Å²) < 4.78 is 0. The highest BCUT2D eigenvalue weighted by Crippen LogP contribution is 2.26. The number of aromatic nitrogens is 4. The van der Waals surface area contributed by atoms with Crippen molar-refractivity contribution in [2.45, 2.75) is 19.4 Å². The van der Waals surface area contributed by atoms with E-state index >= 15 is 0 Å². The lowest BCUT2D eigenvalue weighted by Crippen LogP contribution is -2.37. The molecular weight excluding hydrogens is 264 g/mol. The highest BCUT2D eigenvalue weighted by atomic mass is 16.6. The second-order valence-corrected chi connectivity index (χ2v) is 4.79. The fourth-order valence-electron chi connectivity index (χ4n) is 2.40. The van der Waals surface area contributed by atoms with Crippen LogP contribution in [-0.4, -0.2) is 42.7 Å². The molecule has 0 saturated heterocycles. The molecule has 1 atom stereocenters. The molecule has 0 bridgehead atoms. The number of fused-ring (bicyclic) bond motifs is 1. The van der Waals surface area contributed by atoms with Crippen LogP contribution in [0.4, 0.5) is 5.82 Å². The Morgan fingerprint density at radius 3 is 3.05 bits per heavy atom. The molecule has 0 unspecified atom stereocenters. The average Bonchev–Trinajstić information content (AvgIpc) is 3.06. The number of H-pyrrole nitrogens is 2. The second kappa shape index (κ2) is 4.44. The zero-order valence-corrected chi connectivity index (χ0v) is 10.7. The number of amides is 1. The number of carbonyl (C=O) groups excluding carboxylic acids is 1. The van der Waals surface area contributed by atoms with Crippen molar-refractivity contribution in [3.05, 3.63) is 39.3 Å². The van der Waals surface area contributed by atoms with Gasteiger partial charge in [-0.2, -0.15) is 5.10 Å². The van der Waals surface area contributed by atoms with E-state index in [1.54, 1.807) is 11.1 Å². The highest BCUT2D eigenvalue weighted by molar-refractivity contribution is 5.93. The minimum absolute atomic E-state index is 0.0517. The molecule has 20 heavy (non-hydrogen) atoms. The third-order valence-corrected chi connectivity index (χ3v) is 3.37. The molecule has 0 saturated carbocycles. The maximum Gasteiger partial charge on any atom is 0.343 e. The van der Waals surface area contributed by atoms with Crippen LogP contribution < -0.4 is 0 Å². The van der Waals surface area contributed by atoms with Crippen LogP contribution in [0.3, 0.4) is 0 Å². The van der Waals surface area contributed by atoms with Crippen molar-refractivity contribution < 1.29 is 9.72 Å². The smallest absolute Gasteiger partial charge is 0.343 e. The summed E-state index contributed by atoms with van der Waals surface area (Å²) in [5, 5.41) is 23.4. The number of hydrogen-bond donors (Lipinski definition) is 2. The quantitative estimate of drug-likeness (QED) is 0.620. The number of nitrogens with one attached hydrogen (secondary N) is 2. The maximum atomic E-state index is 12.3. The van der Waals surface area contributed by atoms with Crippen molar-refractivity contribution in [1.82, 2.24) is 25.3 Å². The Morgan fingerprint density at radius 1 is 1.55 bits per heavy atom. The summed E-state index contributed by atoms with van der Waals surface area (Å²) in [4.78, 5) is 23.9. The minimum Gasteiger partial charge on any atom is -0.358 e. The van der Waals surface area contributed by atoms with Crippen molar-refractivity contribution in [3.8, 4) is 0 Å². The summed E-state index contributed by atoms with van der Waals surface area (Å²) in [5.41, 5.74) is 2.04. The molecule has 3 rings (SSSR count). The van der Waals surface area contributed by atoms with E-state index in [2.05, 4.69) is 20.4 Å². The summed E-state index contributed by atoms with van der Waals surface area (Å²) in [6.07, 6.45) is 1.69. The zero-order valence-electron chi connectivity index (χ0n) is 10.7. The summed E-state index contributed by atoms with van der Waals surface area (Å²) in [6, 6.07) is 1.15. The molecule has 0 spiro atoms. The van der Waals surface area contributed by atoms with E-state index in [0.717, 1.165) is 17.3 Å². The van der Waals surface area contributed by atoms with Gasteiger partial charge in [0.1, 0.15) is 0 Å². The fraction of sp³-hybridized carbons (Fsp3) is 0.364. The molecule has 9 heteroatoms. The first kappa shape index (κ1) is 12.3. The van der Waals surface area contributed by atoms with Crippen molar-refractivity contribution in [2.24, 2.45) is 0 Å². The molecule has 1 amide bonds. The molecule has 104 valence electrons.